The molecule has 1 amide bonds. The molecule has 2 rings (SSSR count). The number of sulfone groups is 1. The minimum atomic E-state index is -3.73. The summed E-state index contributed by atoms with van der Waals surface area (Å²) < 4.78 is 24.9. The van der Waals surface area contributed by atoms with Crippen LogP contribution in [0, 0.1) is 0 Å². The Morgan fingerprint density at radius 3 is 2.80 bits per heavy atom. The van der Waals surface area contributed by atoms with E-state index in [9.17, 15) is 13.2 Å². The van der Waals surface area contributed by atoms with Crippen molar-refractivity contribution < 1.29 is 13.2 Å². The fourth-order valence-corrected chi connectivity index (χ4v) is 4.14. The lowest BCUT2D eigenvalue weighted by atomic mass is 10.3. The number of hydrogen-bond acceptors (Lipinski definition) is 6. The largest absolute Gasteiger partial charge is 0.399 e. The maximum atomic E-state index is 12.1. The van der Waals surface area contributed by atoms with Crippen LogP contribution in [-0.2, 0) is 14.6 Å². The molecule has 1 aromatic heterocycles. The fourth-order valence-electron chi connectivity index (χ4n) is 1.65. The maximum Gasteiger partial charge on any atom is 0.235 e. The normalized spacial score (nSPS) is 11.9. The van der Waals surface area contributed by atoms with Gasteiger partial charge in [-0.2, -0.15) is 0 Å². The molecule has 3 N–H and O–H groups in total. The number of nitrogens with one attached hydrogen (secondary N) is 1. The SMILES string of the molecule is CC(C)NC(=O)CS(=O)(=O)c1nc2ccc(N)cc2s1. The van der Waals surface area contributed by atoms with Crippen LogP contribution in [0.25, 0.3) is 10.2 Å². The first-order chi connectivity index (χ1) is 9.28. The molecule has 2 aromatic rings. The standard InChI is InChI=1S/C12H15N3O3S2/c1-7(2)14-11(16)6-20(17,18)12-15-9-4-3-8(13)5-10(9)19-12/h3-5,7H,6,13H2,1-2H3,(H,14,16). The van der Waals surface area contributed by atoms with E-state index < -0.39 is 21.5 Å². The van der Waals surface area contributed by atoms with Gasteiger partial charge in [0.1, 0.15) is 5.75 Å². The zero-order valence-electron chi connectivity index (χ0n) is 11.1. The summed E-state index contributed by atoms with van der Waals surface area (Å²) in [7, 11) is -3.73. The van der Waals surface area contributed by atoms with Crippen molar-refractivity contribution in [1.29, 1.82) is 0 Å². The molecule has 8 heteroatoms. The molecule has 0 aliphatic rings. The first-order valence-electron chi connectivity index (χ1n) is 5.96. The molecule has 1 heterocycles. The van der Waals surface area contributed by atoms with Crippen LogP contribution in [0.15, 0.2) is 22.5 Å². The highest BCUT2D eigenvalue weighted by Gasteiger charge is 2.23. The summed E-state index contributed by atoms with van der Waals surface area (Å²) in [5.41, 5.74) is 6.75. The van der Waals surface area contributed by atoms with Gasteiger partial charge in [0.2, 0.25) is 20.1 Å². The Labute approximate surface area is 120 Å². The highest BCUT2D eigenvalue weighted by atomic mass is 32.2. The number of carbonyl (C=O) groups excluding carboxylic acids is 1. The van der Waals surface area contributed by atoms with E-state index in [1.54, 1.807) is 32.0 Å². The molecule has 0 fully saturated rings. The minimum absolute atomic E-state index is 0.0583. The molecular weight excluding hydrogens is 298 g/mol. The number of nitrogen functional groups attached to an aromatic ring is 1. The second kappa shape index (κ2) is 5.37. The van der Waals surface area contributed by atoms with Crippen molar-refractivity contribution in [3.05, 3.63) is 18.2 Å². The number of aromatic nitrogens is 1. The minimum Gasteiger partial charge on any atom is -0.399 e. The third-order valence-electron chi connectivity index (χ3n) is 2.43. The van der Waals surface area contributed by atoms with E-state index in [-0.39, 0.29) is 10.4 Å². The summed E-state index contributed by atoms with van der Waals surface area (Å²) in [5.74, 6) is -1.13. The summed E-state index contributed by atoms with van der Waals surface area (Å²) in [6.07, 6.45) is 0. The maximum absolute atomic E-state index is 12.1. The van der Waals surface area contributed by atoms with Crippen LogP contribution in [0.3, 0.4) is 0 Å². The second-order valence-corrected chi connectivity index (χ2v) is 7.88. The first-order valence-corrected chi connectivity index (χ1v) is 8.43. The van der Waals surface area contributed by atoms with Gasteiger partial charge in [-0.3, -0.25) is 4.79 Å². The molecule has 20 heavy (non-hydrogen) atoms. The quantitative estimate of drug-likeness (QED) is 0.825. The van der Waals surface area contributed by atoms with Crippen LogP contribution in [0.1, 0.15) is 13.8 Å². The molecule has 0 bridgehead atoms. The predicted molar refractivity (Wildman–Crippen MR) is 79.4 cm³/mol. The zero-order chi connectivity index (χ0) is 14.9. The molecule has 1 aromatic carbocycles. The monoisotopic (exact) mass is 313 g/mol. The van der Waals surface area contributed by atoms with Gasteiger partial charge in [0.05, 0.1) is 10.2 Å². The lowest BCUT2D eigenvalue weighted by Gasteiger charge is -2.07. The number of thiazole rings is 1. The van der Waals surface area contributed by atoms with Crippen LogP contribution in [0.2, 0.25) is 0 Å². The van der Waals surface area contributed by atoms with E-state index in [0.717, 1.165) is 11.3 Å². The lowest BCUT2D eigenvalue weighted by Crippen LogP contribution is -2.35. The highest BCUT2D eigenvalue weighted by molar-refractivity contribution is 7.94. The fraction of sp³-hybridized carbons (Fsp3) is 0.333. The number of benzene rings is 1. The summed E-state index contributed by atoms with van der Waals surface area (Å²) in [6, 6.07) is 4.88. The van der Waals surface area contributed by atoms with Crippen LogP contribution < -0.4 is 11.1 Å². The van der Waals surface area contributed by atoms with Crippen molar-refractivity contribution in [1.82, 2.24) is 10.3 Å². The zero-order valence-corrected chi connectivity index (χ0v) is 12.7. The van der Waals surface area contributed by atoms with E-state index in [2.05, 4.69) is 10.3 Å². The number of carbonyl (C=O) groups is 1. The van der Waals surface area contributed by atoms with Crippen molar-refractivity contribution in [2.45, 2.75) is 24.2 Å². The first kappa shape index (κ1) is 14.7. The van der Waals surface area contributed by atoms with Gasteiger partial charge in [0.25, 0.3) is 0 Å². The van der Waals surface area contributed by atoms with Gasteiger partial charge in [-0.05, 0) is 32.0 Å². The van der Waals surface area contributed by atoms with E-state index in [1.807, 2.05) is 0 Å². The Morgan fingerprint density at radius 2 is 2.15 bits per heavy atom. The van der Waals surface area contributed by atoms with Gasteiger partial charge in [-0.1, -0.05) is 0 Å². The number of amides is 1. The van der Waals surface area contributed by atoms with Crippen molar-refractivity contribution in [2.75, 3.05) is 11.5 Å². The van der Waals surface area contributed by atoms with Gasteiger partial charge < -0.3 is 11.1 Å². The molecule has 0 aliphatic heterocycles. The van der Waals surface area contributed by atoms with Crippen LogP contribution in [-0.4, -0.2) is 31.1 Å². The topological polar surface area (TPSA) is 102 Å². The van der Waals surface area contributed by atoms with Crippen molar-refractivity contribution in [3.63, 3.8) is 0 Å². The number of nitrogens with two attached hydrogens (primary N) is 1. The Morgan fingerprint density at radius 1 is 1.45 bits per heavy atom. The Kier molecular flexibility index (Phi) is 3.96. The van der Waals surface area contributed by atoms with Crippen molar-refractivity contribution in [3.8, 4) is 0 Å². The van der Waals surface area contributed by atoms with E-state index in [4.69, 9.17) is 5.73 Å². The summed E-state index contributed by atoms with van der Waals surface area (Å²) >= 11 is 1.02. The van der Waals surface area contributed by atoms with Gasteiger partial charge in [0, 0.05) is 11.7 Å². The molecule has 0 radical (unpaired) electrons. The van der Waals surface area contributed by atoms with Crippen LogP contribution in [0.5, 0.6) is 0 Å². The Bertz CT molecular complexity index is 750. The summed E-state index contributed by atoms with van der Waals surface area (Å²) in [6.45, 7) is 3.54. The highest BCUT2D eigenvalue weighted by Crippen LogP contribution is 2.27. The van der Waals surface area contributed by atoms with Crippen molar-refractivity contribution >= 4 is 43.0 Å². The van der Waals surface area contributed by atoms with Crippen LogP contribution in [0.4, 0.5) is 5.69 Å². The Hall–Kier alpha value is -1.67. The average Bonchev–Trinajstić information content (AvgIpc) is 2.70. The van der Waals surface area contributed by atoms with E-state index in [1.165, 1.54) is 0 Å². The third-order valence-corrected chi connectivity index (χ3v) is 5.52. The third kappa shape index (κ3) is 3.26. The van der Waals surface area contributed by atoms with Gasteiger partial charge in [-0.25, -0.2) is 13.4 Å². The van der Waals surface area contributed by atoms with E-state index >= 15 is 0 Å². The smallest absolute Gasteiger partial charge is 0.235 e. The molecule has 0 atom stereocenters. The number of anilines is 1. The number of nitrogens with zero attached hydrogens (tertiary/aromatic N) is 1. The van der Waals surface area contributed by atoms with Crippen LogP contribution >= 0.6 is 11.3 Å². The molecule has 6 nitrogen and oxygen atoms in total. The summed E-state index contributed by atoms with van der Waals surface area (Å²) in [4.78, 5) is 15.6. The molecular formula is C12H15N3O3S2. The molecule has 0 aliphatic carbocycles. The number of hydrogen-bond donors (Lipinski definition) is 2. The van der Waals surface area contributed by atoms with Gasteiger partial charge in [-0.15, -0.1) is 11.3 Å². The molecule has 0 saturated heterocycles. The lowest BCUT2D eigenvalue weighted by molar-refractivity contribution is -0.119. The predicted octanol–water partition coefficient (Wildman–Crippen LogP) is 1.18. The number of fused-ring (bicyclic) bond motifs is 1. The Balaban J connectivity index is 2.30. The molecule has 0 spiro atoms. The number of rotatable bonds is 4. The molecule has 108 valence electrons. The molecule has 0 saturated carbocycles. The second-order valence-electron chi connectivity index (χ2n) is 4.69. The van der Waals surface area contributed by atoms with Crippen molar-refractivity contribution in [2.24, 2.45) is 0 Å². The molecule has 0 unspecified atom stereocenters. The average molecular weight is 313 g/mol. The summed E-state index contributed by atoms with van der Waals surface area (Å²) in [5, 5.41) is 2.55. The van der Waals surface area contributed by atoms with Gasteiger partial charge in [0.15, 0.2) is 0 Å². The van der Waals surface area contributed by atoms with E-state index in [0.29, 0.717) is 15.9 Å². The van der Waals surface area contributed by atoms with Gasteiger partial charge >= 0.3 is 0 Å².